The number of hydrogen-bond acceptors (Lipinski definition) is 0. The second kappa shape index (κ2) is 6.31. The minimum atomic E-state index is -0.199. The highest BCUT2D eigenvalue weighted by atomic mass is 79.9. The van der Waals surface area contributed by atoms with Crippen molar-refractivity contribution in [1.82, 2.24) is 0 Å². The van der Waals surface area contributed by atoms with Crippen LogP contribution in [0.3, 0.4) is 0 Å². The van der Waals surface area contributed by atoms with E-state index >= 15 is 0 Å². The lowest BCUT2D eigenvalue weighted by Gasteiger charge is -2.12. The third-order valence-corrected chi connectivity index (χ3v) is 4.63. The first kappa shape index (κ1) is 14.2. The van der Waals surface area contributed by atoms with Crippen molar-refractivity contribution in [3.63, 3.8) is 0 Å². The highest BCUT2D eigenvalue weighted by Gasteiger charge is 2.12. The second-order valence-corrected chi connectivity index (χ2v) is 6.84. The summed E-state index contributed by atoms with van der Waals surface area (Å²) < 4.78 is 14.9. The molecule has 0 saturated heterocycles. The van der Waals surface area contributed by atoms with Gasteiger partial charge in [-0.3, -0.25) is 0 Å². The van der Waals surface area contributed by atoms with E-state index in [0.29, 0.717) is 0 Å². The van der Waals surface area contributed by atoms with Gasteiger partial charge < -0.3 is 0 Å². The zero-order chi connectivity index (χ0) is 13.1. The van der Waals surface area contributed by atoms with Gasteiger partial charge in [-0.1, -0.05) is 66.0 Å². The van der Waals surface area contributed by atoms with E-state index < -0.39 is 0 Å². The molecule has 0 radical (unpaired) electrons. The molecule has 2 aromatic rings. The molecule has 0 aromatic heterocycles. The SMILES string of the molecule is Fc1ccc(CC(Br)c2ccc(Br)cc2Br)cc1. The monoisotopic (exact) mass is 434 g/mol. The smallest absolute Gasteiger partial charge is 0.123 e. The van der Waals surface area contributed by atoms with Gasteiger partial charge in [0.05, 0.1) is 0 Å². The Balaban J connectivity index is 2.16. The molecule has 18 heavy (non-hydrogen) atoms. The molecule has 0 N–H and O–H groups in total. The third-order valence-electron chi connectivity index (χ3n) is 2.63. The fourth-order valence-corrected chi connectivity index (χ4v) is 4.10. The molecular formula is C14H10Br3F. The van der Waals surface area contributed by atoms with Crippen LogP contribution in [0.1, 0.15) is 16.0 Å². The van der Waals surface area contributed by atoms with Crippen molar-refractivity contribution < 1.29 is 4.39 Å². The number of hydrogen-bond donors (Lipinski definition) is 0. The van der Waals surface area contributed by atoms with Crippen molar-refractivity contribution in [3.8, 4) is 0 Å². The van der Waals surface area contributed by atoms with Crippen LogP contribution in [0.4, 0.5) is 4.39 Å². The van der Waals surface area contributed by atoms with Gasteiger partial charge in [-0.05, 0) is 41.8 Å². The van der Waals surface area contributed by atoms with E-state index in [4.69, 9.17) is 0 Å². The van der Waals surface area contributed by atoms with Crippen molar-refractivity contribution >= 4 is 47.8 Å². The van der Waals surface area contributed by atoms with Crippen molar-refractivity contribution in [3.05, 3.63) is 68.4 Å². The number of halogens is 4. The summed E-state index contributed by atoms with van der Waals surface area (Å²) in [6, 6.07) is 12.7. The Morgan fingerprint density at radius 1 is 1.00 bits per heavy atom. The summed E-state index contributed by atoms with van der Waals surface area (Å²) in [5.74, 6) is -0.199. The first-order chi connectivity index (χ1) is 8.56. The van der Waals surface area contributed by atoms with Gasteiger partial charge in [0.15, 0.2) is 0 Å². The van der Waals surface area contributed by atoms with E-state index in [0.717, 1.165) is 20.9 Å². The normalized spacial score (nSPS) is 12.4. The van der Waals surface area contributed by atoms with Gasteiger partial charge in [0.25, 0.3) is 0 Å². The summed E-state index contributed by atoms with van der Waals surface area (Å²) in [4.78, 5) is 0.199. The van der Waals surface area contributed by atoms with Crippen molar-refractivity contribution in [2.24, 2.45) is 0 Å². The molecular weight excluding hydrogens is 427 g/mol. The van der Waals surface area contributed by atoms with Crippen LogP contribution in [0.5, 0.6) is 0 Å². The molecule has 4 heteroatoms. The summed E-state index contributed by atoms with van der Waals surface area (Å²) in [5.41, 5.74) is 2.29. The van der Waals surface area contributed by atoms with Crippen LogP contribution >= 0.6 is 47.8 Å². The highest BCUT2D eigenvalue weighted by molar-refractivity contribution is 9.11. The Kier molecular flexibility index (Phi) is 4.98. The lowest BCUT2D eigenvalue weighted by Crippen LogP contribution is -1.96. The van der Waals surface area contributed by atoms with Gasteiger partial charge in [-0.15, -0.1) is 0 Å². The molecule has 0 fully saturated rings. The molecule has 2 aromatic carbocycles. The predicted octanol–water partition coefficient (Wildman–Crippen LogP) is 6.03. The maximum absolute atomic E-state index is 12.8. The number of benzene rings is 2. The Morgan fingerprint density at radius 2 is 1.67 bits per heavy atom. The van der Waals surface area contributed by atoms with E-state index in [1.165, 1.54) is 17.7 Å². The fourth-order valence-electron chi connectivity index (χ4n) is 1.69. The lowest BCUT2D eigenvalue weighted by molar-refractivity contribution is 0.627. The number of rotatable bonds is 3. The Labute approximate surface area is 131 Å². The molecule has 0 saturated carbocycles. The first-order valence-corrected chi connectivity index (χ1v) is 7.90. The zero-order valence-corrected chi connectivity index (χ0v) is 14.1. The number of alkyl halides is 1. The quantitative estimate of drug-likeness (QED) is 0.515. The van der Waals surface area contributed by atoms with Crippen LogP contribution in [-0.2, 0) is 6.42 Å². The Bertz CT molecular complexity index is 537. The molecule has 0 aliphatic carbocycles. The van der Waals surface area contributed by atoms with Gasteiger partial charge >= 0.3 is 0 Å². The second-order valence-electron chi connectivity index (χ2n) is 3.96. The van der Waals surface area contributed by atoms with E-state index in [9.17, 15) is 4.39 Å². The molecule has 0 bridgehead atoms. The van der Waals surface area contributed by atoms with Crippen LogP contribution < -0.4 is 0 Å². The van der Waals surface area contributed by atoms with Gasteiger partial charge in [-0.2, -0.15) is 0 Å². The topological polar surface area (TPSA) is 0 Å². The standard InChI is InChI=1S/C14H10Br3F/c15-10-3-6-12(14(17)8-10)13(16)7-9-1-4-11(18)5-2-9/h1-6,8,13H,7H2. The van der Waals surface area contributed by atoms with Crippen LogP contribution in [0, 0.1) is 5.82 Å². The molecule has 2 rings (SSSR count). The molecule has 1 atom stereocenters. The van der Waals surface area contributed by atoms with E-state index in [2.05, 4.69) is 53.9 Å². The summed E-state index contributed by atoms with van der Waals surface area (Å²) >= 11 is 10.7. The van der Waals surface area contributed by atoms with Crippen LogP contribution in [0.15, 0.2) is 51.4 Å². The van der Waals surface area contributed by atoms with E-state index in [1.54, 1.807) is 0 Å². The first-order valence-electron chi connectivity index (χ1n) is 5.40. The molecule has 0 aliphatic rings. The molecule has 0 amide bonds. The Morgan fingerprint density at radius 3 is 2.28 bits per heavy atom. The maximum Gasteiger partial charge on any atom is 0.123 e. The fraction of sp³-hybridized carbons (Fsp3) is 0.143. The predicted molar refractivity (Wildman–Crippen MR) is 83.6 cm³/mol. The molecule has 0 nitrogen and oxygen atoms in total. The van der Waals surface area contributed by atoms with Gasteiger partial charge in [0.2, 0.25) is 0 Å². The molecule has 0 aliphatic heterocycles. The van der Waals surface area contributed by atoms with Crippen molar-refractivity contribution in [1.29, 1.82) is 0 Å². The molecule has 0 spiro atoms. The molecule has 94 valence electrons. The summed E-state index contributed by atoms with van der Waals surface area (Å²) in [6.45, 7) is 0. The highest BCUT2D eigenvalue weighted by Crippen LogP contribution is 2.34. The van der Waals surface area contributed by atoms with E-state index in [1.807, 2.05) is 24.3 Å². The van der Waals surface area contributed by atoms with Gasteiger partial charge in [-0.25, -0.2) is 4.39 Å². The third kappa shape index (κ3) is 3.65. The minimum Gasteiger partial charge on any atom is -0.207 e. The van der Waals surface area contributed by atoms with Gasteiger partial charge in [0.1, 0.15) is 5.82 Å². The van der Waals surface area contributed by atoms with Crippen molar-refractivity contribution in [2.75, 3.05) is 0 Å². The lowest BCUT2D eigenvalue weighted by atomic mass is 10.0. The van der Waals surface area contributed by atoms with Crippen molar-refractivity contribution in [2.45, 2.75) is 11.2 Å². The summed E-state index contributed by atoms with van der Waals surface area (Å²) in [6.07, 6.45) is 0.820. The van der Waals surface area contributed by atoms with Gasteiger partial charge in [0, 0.05) is 13.8 Å². The molecule has 0 heterocycles. The summed E-state index contributed by atoms with van der Waals surface area (Å²) in [7, 11) is 0. The van der Waals surface area contributed by atoms with Crippen LogP contribution in [0.25, 0.3) is 0 Å². The summed E-state index contributed by atoms with van der Waals surface area (Å²) in [5, 5.41) is 0. The average molecular weight is 437 g/mol. The Hall–Kier alpha value is -0.190. The molecule has 1 unspecified atom stereocenters. The van der Waals surface area contributed by atoms with E-state index in [-0.39, 0.29) is 10.6 Å². The van der Waals surface area contributed by atoms with Crippen LogP contribution in [0.2, 0.25) is 0 Å². The minimum absolute atomic E-state index is 0.199. The maximum atomic E-state index is 12.8. The van der Waals surface area contributed by atoms with Crippen LogP contribution in [-0.4, -0.2) is 0 Å². The largest absolute Gasteiger partial charge is 0.207 e. The zero-order valence-electron chi connectivity index (χ0n) is 9.34. The average Bonchev–Trinajstić information content (AvgIpc) is 2.32.